The molecule has 30 heavy (non-hydrogen) atoms. The minimum absolute atomic E-state index is 0.0847. The van der Waals surface area contributed by atoms with Gasteiger partial charge in [0.25, 0.3) is 5.91 Å². The van der Waals surface area contributed by atoms with Crippen molar-refractivity contribution in [3.8, 4) is 5.75 Å². The monoisotopic (exact) mass is 409 g/mol. The molecule has 0 bridgehead atoms. The summed E-state index contributed by atoms with van der Waals surface area (Å²) in [5.74, 6) is 0.994. The van der Waals surface area contributed by atoms with Crippen molar-refractivity contribution in [2.24, 2.45) is 0 Å². The topological polar surface area (TPSA) is 49.3 Å². The van der Waals surface area contributed by atoms with Crippen molar-refractivity contribution in [2.75, 3.05) is 68.0 Å². The standard InChI is InChI=1S/C24H32N4O2/c1-30-23-8-4-3-7-22(23)28-17-15-26(16-18-28)19-24(29)25-20-9-11-21(12-10-20)27-13-5-2-6-14-27/h3-4,7-12H,2,5-6,13-19H2,1H3,(H,25,29)/p+1. The average molecular weight is 410 g/mol. The van der Waals surface area contributed by atoms with E-state index in [9.17, 15) is 4.79 Å². The summed E-state index contributed by atoms with van der Waals surface area (Å²) in [4.78, 5) is 18.6. The fourth-order valence-electron chi connectivity index (χ4n) is 4.47. The molecule has 0 aromatic heterocycles. The first-order valence-electron chi connectivity index (χ1n) is 11.1. The van der Waals surface area contributed by atoms with Crippen molar-refractivity contribution in [2.45, 2.75) is 19.3 Å². The second-order valence-corrected chi connectivity index (χ2v) is 8.23. The van der Waals surface area contributed by atoms with E-state index in [2.05, 4.69) is 33.3 Å². The molecule has 2 aliphatic heterocycles. The number of anilines is 3. The lowest BCUT2D eigenvalue weighted by atomic mass is 10.1. The molecule has 0 spiro atoms. The highest BCUT2D eigenvalue weighted by atomic mass is 16.5. The van der Waals surface area contributed by atoms with E-state index in [4.69, 9.17) is 4.74 Å². The molecule has 6 nitrogen and oxygen atoms in total. The van der Waals surface area contributed by atoms with Gasteiger partial charge in [-0.2, -0.15) is 0 Å². The SMILES string of the molecule is COc1ccccc1N1CC[NH+](CC(=O)Nc2ccc(N3CCCCC3)cc2)CC1. The van der Waals surface area contributed by atoms with Crippen LogP contribution in [0.3, 0.4) is 0 Å². The lowest BCUT2D eigenvalue weighted by Gasteiger charge is -2.34. The Hall–Kier alpha value is -2.73. The second-order valence-electron chi connectivity index (χ2n) is 8.23. The molecule has 0 atom stereocenters. The predicted molar refractivity (Wildman–Crippen MR) is 122 cm³/mol. The minimum atomic E-state index is 0.0847. The van der Waals surface area contributed by atoms with E-state index in [1.165, 1.54) is 29.8 Å². The van der Waals surface area contributed by atoms with Crippen LogP contribution in [-0.4, -0.2) is 58.8 Å². The first-order chi connectivity index (χ1) is 14.7. The van der Waals surface area contributed by atoms with Crippen LogP contribution in [0.15, 0.2) is 48.5 Å². The van der Waals surface area contributed by atoms with Gasteiger partial charge in [-0.3, -0.25) is 4.79 Å². The highest BCUT2D eigenvalue weighted by molar-refractivity contribution is 5.91. The molecule has 2 saturated heterocycles. The van der Waals surface area contributed by atoms with Crippen molar-refractivity contribution in [1.82, 2.24) is 0 Å². The smallest absolute Gasteiger partial charge is 0.279 e. The molecule has 2 heterocycles. The van der Waals surface area contributed by atoms with Gasteiger partial charge >= 0.3 is 0 Å². The molecule has 0 aliphatic carbocycles. The molecule has 1 amide bonds. The van der Waals surface area contributed by atoms with Crippen LogP contribution in [0.5, 0.6) is 5.75 Å². The van der Waals surface area contributed by atoms with Crippen LogP contribution < -0.4 is 24.8 Å². The number of para-hydroxylation sites is 2. The van der Waals surface area contributed by atoms with Crippen molar-refractivity contribution in [3.05, 3.63) is 48.5 Å². The molecule has 2 fully saturated rings. The van der Waals surface area contributed by atoms with Gasteiger partial charge < -0.3 is 24.8 Å². The summed E-state index contributed by atoms with van der Waals surface area (Å²) in [6.07, 6.45) is 3.87. The molecule has 160 valence electrons. The normalized spacial score (nSPS) is 17.6. The number of piperazine rings is 1. The van der Waals surface area contributed by atoms with E-state index in [1.54, 1.807) is 7.11 Å². The van der Waals surface area contributed by atoms with Gasteiger partial charge in [0, 0.05) is 24.5 Å². The van der Waals surface area contributed by atoms with Gasteiger partial charge in [0.1, 0.15) is 5.75 Å². The lowest BCUT2D eigenvalue weighted by molar-refractivity contribution is -0.892. The molecular formula is C24H33N4O2+. The molecule has 6 heteroatoms. The zero-order chi connectivity index (χ0) is 20.8. The number of quaternary nitrogens is 1. The van der Waals surface area contributed by atoms with Crippen molar-refractivity contribution in [3.63, 3.8) is 0 Å². The van der Waals surface area contributed by atoms with Gasteiger partial charge in [-0.05, 0) is 55.7 Å². The van der Waals surface area contributed by atoms with Crippen LogP contribution in [0.25, 0.3) is 0 Å². The molecule has 2 aliphatic rings. The average Bonchev–Trinajstić information content (AvgIpc) is 2.80. The molecule has 2 aromatic carbocycles. The minimum Gasteiger partial charge on any atom is -0.495 e. The number of benzene rings is 2. The van der Waals surface area contributed by atoms with Gasteiger partial charge in [-0.15, -0.1) is 0 Å². The van der Waals surface area contributed by atoms with Crippen molar-refractivity contribution < 1.29 is 14.4 Å². The van der Waals surface area contributed by atoms with E-state index in [0.717, 1.165) is 56.4 Å². The van der Waals surface area contributed by atoms with Gasteiger partial charge in [0.2, 0.25) is 0 Å². The molecule has 2 aromatic rings. The number of piperidine rings is 1. The Morgan fingerprint density at radius 1 is 0.933 bits per heavy atom. The Morgan fingerprint density at radius 2 is 1.63 bits per heavy atom. The Morgan fingerprint density at radius 3 is 2.33 bits per heavy atom. The Labute approximate surface area is 179 Å². The highest BCUT2D eigenvalue weighted by Gasteiger charge is 2.24. The van der Waals surface area contributed by atoms with E-state index in [0.29, 0.717) is 6.54 Å². The first kappa shape index (κ1) is 20.5. The third-order valence-corrected chi connectivity index (χ3v) is 6.18. The summed E-state index contributed by atoms with van der Waals surface area (Å²) >= 11 is 0. The number of methoxy groups -OCH3 is 1. The first-order valence-corrected chi connectivity index (χ1v) is 11.1. The largest absolute Gasteiger partial charge is 0.495 e. The van der Waals surface area contributed by atoms with E-state index in [-0.39, 0.29) is 5.91 Å². The Balaban J connectivity index is 1.25. The molecular weight excluding hydrogens is 376 g/mol. The van der Waals surface area contributed by atoms with Crippen molar-refractivity contribution >= 4 is 23.0 Å². The van der Waals surface area contributed by atoms with E-state index >= 15 is 0 Å². The van der Waals surface area contributed by atoms with E-state index < -0.39 is 0 Å². The molecule has 0 unspecified atom stereocenters. The summed E-state index contributed by atoms with van der Waals surface area (Å²) in [5, 5.41) is 3.07. The summed E-state index contributed by atoms with van der Waals surface area (Å²) in [6.45, 7) is 6.51. The number of amides is 1. The van der Waals surface area contributed by atoms with Crippen molar-refractivity contribution in [1.29, 1.82) is 0 Å². The fourth-order valence-corrected chi connectivity index (χ4v) is 4.47. The third kappa shape index (κ3) is 5.05. The third-order valence-electron chi connectivity index (χ3n) is 6.18. The number of carbonyl (C=O) groups excluding carboxylic acids is 1. The number of ether oxygens (including phenoxy) is 1. The maximum absolute atomic E-state index is 12.5. The summed E-state index contributed by atoms with van der Waals surface area (Å²) in [7, 11) is 1.71. The molecule has 2 N–H and O–H groups in total. The second kappa shape index (κ2) is 9.85. The predicted octanol–water partition coefficient (Wildman–Crippen LogP) is 2.03. The van der Waals surface area contributed by atoms with Gasteiger partial charge in [-0.25, -0.2) is 0 Å². The Bertz CT molecular complexity index is 825. The number of rotatable bonds is 6. The number of nitrogens with one attached hydrogen (secondary N) is 2. The van der Waals surface area contributed by atoms with Gasteiger partial charge in [0.05, 0.1) is 39.0 Å². The highest BCUT2D eigenvalue weighted by Crippen LogP contribution is 2.27. The maximum Gasteiger partial charge on any atom is 0.279 e. The zero-order valence-corrected chi connectivity index (χ0v) is 17.9. The summed E-state index contributed by atoms with van der Waals surface area (Å²) in [5.41, 5.74) is 3.27. The van der Waals surface area contributed by atoms with Crippen LogP contribution in [0, 0.1) is 0 Å². The number of nitrogens with zero attached hydrogens (tertiary/aromatic N) is 2. The fraction of sp³-hybridized carbons (Fsp3) is 0.458. The maximum atomic E-state index is 12.5. The van der Waals surface area contributed by atoms with Crippen LogP contribution in [0.1, 0.15) is 19.3 Å². The van der Waals surface area contributed by atoms with Crippen LogP contribution in [0.2, 0.25) is 0 Å². The molecule has 0 saturated carbocycles. The van der Waals surface area contributed by atoms with Crippen LogP contribution in [0.4, 0.5) is 17.1 Å². The lowest BCUT2D eigenvalue weighted by Crippen LogP contribution is -3.15. The van der Waals surface area contributed by atoms with Gasteiger partial charge in [-0.1, -0.05) is 12.1 Å². The zero-order valence-electron chi connectivity index (χ0n) is 17.9. The Kier molecular flexibility index (Phi) is 6.74. The molecule has 0 radical (unpaired) electrons. The summed E-state index contributed by atoms with van der Waals surface area (Å²) in [6, 6.07) is 16.4. The van der Waals surface area contributed by atoms with Gasteiger partial charge in [0.15, 0.2) is 6.54 Å². The number of carbonyl (C=O) groups is 1. The quantitative estimate of drug-likeness (QED) is 0.767. The van der Waals surface area contributed by atoms with Crippen LogP contribution >= 0.6 is 0 Å². The van der Waals surface area contributed by atoms with Crippen LogP contribution in [-0.2, 0) is 4.79 Å². The number of hydrogen-bond donors (Lipinski definition) is 2. The number of hydrogen-bond acceptors (Lipinski definition) is 4. The molecule has 4 rings (SSSR count). The summed E-state index contributed by atoms with van der Waals surface area (Å²) < 4.78 is 5.49. The van der Waals surface area contributed by atoms with E-state index in [1.807, 2.05) is 30.3 Å².